The van der Waals surface area contributed by atoms with E-state index in [0.717, 1.165) is 0 Å². The molecule has 3 heteroatoms. The molecule has 0 amide bonds. The van der Waals surface area contributed by atoms with E-state index in [1.54, 1.807) is 33.8 Å². The number of esters is 1. The first kappa shape index (κ1) is 10.7. The SMILES string of the molecule is CC=C(C#N)C(=O)OC(C)(C)C. The highest BCUT2D eigenvalue weighted by Gasteiger charge is 2.18. The van der Waals surface area contributed by atoms with Gasteiger partial charge in [0.15, 0.2) is 0 Å². The van der Waals surface area contributed by atoms with Gasteiger partial charge in [-0.15, -0.1) is 0 Å². The Morgan fingerprint density at radius 2 is 2.00 bits per heavy atom. The number of nitriles is 1. The lowest BCUT2D eigenvalue weighted by Crippen LogP contribution is -2.24. The van der Waals surface area contributed by atoms with E-state index in [2.05, 4.69) is 0 Å². The van der Waals surface area contributed by atoms with Crippen molar-refractivity contribution in [1.82, 2.24) is 0 Å². The monoisotopic (exact) mass is 167 g/mol. The number of allylic oxidation sites excluding steroid dienone is 1. The molecule has 0 saturated carbocycles. The van der Waals surface area contributed by atoms with Crippen LogP contribution in [0.4, 0.5) is 0 Å². The van der Waals surface area contributed by atoms with Crippen molar-refractivity contribution < 1.29 is 9.53 Å². The summed E-state index contributed by atoms with van der Waals surface area (Å²) in [4.78, 5) is 11.1. The fourth-order valence-electron chi connectivity index (χ4n) is 0.561. The van der Waals surface area contributed by atoms with Crippen LogP contribution in [-0.2, 0) is 9.53 Å². The third-order valence-corrected chi connectivity index (χ3v) is 1.03. The van der Waals surface area contributed by atoms with Gasteiger partial charge in [0.05, 0.1) is 0 Å². The van der Waals surface area contributed by atoms with E-state index >= 15 is 0 Å². The highest BCUT2D eigenvalue weighted by Crippen LogP contribution is 2.10. The van der Waals surface area contributed by atoms with E-state index < -0.39 is 11.6 Å². The molecule has 0 aliphatic carbocycles. The van der Waals surface area contributed by atoms with Crippen molar-refractivity contribution in [1.29, 1.82) is 5.26 Å². The van der Waals surface area contributed by atoms with Crippen molar-refractivity contribution >= 4 is 5.97 Å². The summed E-state index contributed by atoms with van der Waals surface area (Å²) in [7, 11) is 0. The fourth-order valence-corrected chi connectivity index (χ4v) is 0.561. The Balaban J connectivity index is 4.36. The zero-order valence-electron chi connectivity index (χ0n) is 7.84. The van der Waals surface area contributed by atoms with E-state index in [1.165, 1.54) is 6.08 Å². The number of rotatable bonds is 1. The van der Waals surface area contributed by atoms with Crippen molar-refractivity contribution in [3.05, 3.63) is 11.6 Å². The standard InChI is InChI=1S/C9H13NO2/c1-5-7(6-10)8(11)12-9(2,3)4/h5H,1-4H3. The van der Waals surface area contributed by atoms with Gasteiger partial charge < -0.3 is 4.74 Å². The van der Waals surface area contributed by atoms with Gasteiger partial charge in [0.1, 0.15) is 17.2 Å². The minimum Gasteiger partial charge on any atom is -0.456 e. The van der Waals surface area contributed by atoms with Crippen molar-refractivity contribution in [3.8, 4) is 6.07 Å². The topological polar surface area (TPSA) is 50.1 Å². The van der Waals surface area contributed by atoms with E-state index in [-0.39, 0.29) is 5.57 Å². The molecule has 0 spiro atoms. The first-order valence-corrected chi connectivity index (χ1v) is 3.70. The smallest absolute Gasteiger partial charge is 0.349 e. The number of nitrogens with zero attached hydrogens (tertiary/aromatic N) is 1. The summed E-state index contributed by atoms with van der Waals surface area (Å²) < 4.78 is 4.95. The Morgan fingerprint density at radius 1 is 1.50 bits per heavy atom. The van der Waals surface area contributed by atoms with Crippen LogP contribution in [0.1, 0.15) is 27.7 Å². The van der Waals surface area contributed by atoms with Gasteiger partial charge in [-0.2, -0.15) is 5.26 Å². The van der Waals surface area contributed by atoms with Gasteiger partial charge in [0.2, 0.25) is 0 Å². The molecular weight excluding hydrogens is 154 g/mol. The molecule has 0 heterocycles. The second-order valence-corrected chi connectivity index (χ2v) is 3.32. The molecule has 0 aliphatic heterocycles. The zero-order chi connectivity index (χ0) is 9.78. The highest BCUT2D eigenvalue weighted by atomic mass is 16.6. The van der Waals surface area contributed by atoms with Gasteiger partial charge >= 0.3 is 5.97 Å². The van der Waals surface area contributed by atoms with E-state index in [1.807, 2.05) is 0 Å². The Labute approximate surface area is 72.6 Å². The quantitative estimate of drug-likeness (QED) is 0.340. The van der Waals surface area contributed by atoms with E-state index in [0.29, 0.717) is 0 Å². The lowest BCUT2D eigenvalue weighted by atomic mass is 10.2. The van der Waals surface area contributed by atoms with Crippen LogP contribution >= 0.6 is 0 Å². The Bertz CT molecular complexity index is 240. The molecule has 0 aromatic rings. The average Bonchev–Trinajstić information content (AvgIpc) is 1.85. The number of hydrogen-bond acceptors (Lipinski definition) is 3. The summed E-state index contributed by atoms with van der Waals surface area (Å²) in [5, 5.41) is 8.47. The lowest BCUT2D eigenvalue weighted by Gasteiger charge is -2.18. The molecule has 0 aliphatic rings. The molecule has 66 valence electrons. The van der Waals surface area contributed by atoms with Gasteiger partial charge in [0.25, 0.3) is 0 Å². The summed E-state index contributed by atoms with van der Waals surface area (Å²) in [5.74, 6) is -0.563. The second kappa shape index (κ2) is 3.91. The van der Waals surface area contributed by atoms with Gasteiger partial charge in [0, 0.05) is 0 Å². The molecule has 0 radical (unpaired) electrons. The van der Waals surface area contributed by atoms with Crippen LogP contribution in [0.5, 0.6) is 0 Å². The molecule has 0 fully saturated rings. The van der Waals surface area contributed by atoms with Crippen LogP contribution in [0, 0.1) is 11.3 Å². The Morgan fingerprint density at radius 3 is 2.25 bits per heavy atom. The van der Waals surface area contributed by atoms with Gasteiger partial charge in [-0.3, -0.25) is 0 Å². The molecule has 0 aromatic heterocycles. The molecule has 3 nitrogen and oxygen atoms in total. The first-order valence-electron chi connectivity index (χ1n) is 3.70. The van der Waals surface area contributed by atoms with Crippen molar-refractivity contribution in [2.75, 3.05) is 0 Å². The van der Waals surface area contributed by atoms with E-state index in [9.17, 15) is 4.79 Å². The van der Waals surface area contributed by atoms with Crippen molar-refractivity contribution in [2.24, 2.45) is 0 Å². The summed E-state index contributed by atoms with van der Waals surface area (Å²) in [6.45, 7) is 6.91. The first-order chi connectivity index (χ1) is 5.40. The van der Waals surface area contributed by atoms with Crippen LogP contribution in [-0.4, -0.2) is 11.6 Å². The number of ether oxygens (including phenoxy) is 1. The molecule has 12 heavy (non-hydrogen) atoms. The van der Waals surface area contributed by atoms with E-state index in [4.69, 9.17) is 10.00 Å². The van der Waals surface area contributed by atoms with Crippen LogP contribution in [0.2, 0.25) is 0 Å². The largest absolute Gasteiger partial charge is 0.456 e. The number of carbonyl (C=O) groups excluding carboxylic acids is 1. The molecular formula is C9H13NO2. The molecule has 0 unspecified atom stereocenters. The summed E-state index contributed by atoms with van der Waals surface area (Å²) in [6, 6.07) is 1.76. The lowest BCUT2D eigenvalue weighted by molar-refractivity contribution is -0.149. The Hall–Kier alpha value is -1.30. The molecule has 0 N–H and O–H groups in total. The average molecular weight is 167 g/mol. The normalized spacial score (nSPS) is 12.1. The maximum Gasteiger partial charge on any atom is 0.349 e. The van der Waals surface area contributed by atoms with Crippen LogP contribution in [0.3, 0.4) is 0 Å². The zero-order valence-corrected chi connectivity index (χ0v) is 7.84. The number of carbonyl (C=O) groups is 1. The summed E-state index contributed by atoms with van der Waals surface area (Å²) >= 11 is 0. The van der Waals surface area contributed by atoms with Crippen molar-refractivity contribution in [3.63, 3.8) is 0 Å². The predicted octanol–water partition coefficient (Wildman–Crippen LogP) is 1.80. The van der Waals surface area contributed by atoms with Crippen LogP contribution in [0.15, 0.2) is 11.6 Å². The van der Waals surface area contributed by atoms with Crippen LogP contribution < -0.4 is 0 Å². The molecule has 0 atom stereocenters. The third-order valence-electron chi connectivity index (χ3n) is 1.03. The summed E-state index contributed by atoms with van der Waals surface area (Å²) in [6.07, 6.45) is 1.44. The third kappa shape index (κ3) is 3.77. The Kier molecular flexibility index (Phi) is 3.49. The minimum absolute atomic E-state index is 0.0462. The van der Waals surface area contributed by atoms with Gasteiger partial charge in [-0.1, -0.05) is 6.08 Å². The molecule has 0 aromatic carbocycles. The number of hydrogen-bond donors (Lipinski definition) is 0. The van der Waals surface area contributed by atoms with Crippen LogP contribution in [0.25, 0.3) is 0 Å². The maximum atomic E-state index is 11.1. The molecule has 0 saturated heterocycles. The van der Waals surface area contributed by atoms with Gasteiger partial charge in [-0.25, -0.2) is 4.79 Å². The molecule has 0 bridgehead atoms. The second-order valence-electron chi connectivity index (χ2n) is 3.32. The summed E-state index contributed by atoms with van der Waals surface area (Å²) in [5.41, 5.74) is -0.493. The maximum absolute atomic E-state index is 11.1. The predicted molar refractivity (Wildman–Crippen MR) is 45.2 cm³/mol. The molecule has 0 rings (SSSR count). The fraction of sp³-hybridized carbons (Fsp3) is 0.556. The minimum atomic E-state index is -0.563. The highest BCUT2D eigenvalue weighted by molar-refractivity contribution is 5.92. The van der Waals surface area contributed by atoms with Gasteiger partial charge in [-0.05, 0) is 27.7 Å². The van der Waals surface area contributed by atoms with Crippen molar-refractivity contribution in [2.45, 2.75) is 33.3 Å².